The molecule has 0 fully saturated rings. The molecule has 5 nitrogen and oxygen atoms in total. The van der Waals surface area contributed by atoms with Crippen LogP contribution in [-0.4, -0.2) is 5.91 Å². The molecular formula is C22H22N4O. The zero-order chi connectivity index (χ0) is 19.1. The van der Waals surface area contributed by atoms with Crippen LogP contribution in [0, 0.1) is 0 Å². The highest BCUT2D eigenvalue weighted by molar-refractivity contribution is 6.03. The molecule has 6 N–H and O–H groups in total. The summed E-state index contributed by atoms with van der Waals surface area (Å²) in [4.78, 5) is 12.1. The van der Waals surface area contributed by atoms with E-state index in [1.807, 2.05) is 60.7 Å². The summed E-state index contributed by atoms with van der Waals surface area (Å²) >= 11 is 0. The highest BCUT2D eigenvalue weighted by Crippen LogP contribution is 2.19. The van der Waals surface area contributed by atoms with E-state index in [1.54, 1.807) is 18.2 Å². The van der Waals surface area contributed by atoms with Gasteiger partial charge in [0.25, 0.3) is 0 Å². The van der Waals surface area contributed by atoms with Gasteiger partial charge in [0.2, 0.25) is 5.91 Å². The van der Waals surface area contributed by atoms with Gasteiger partial charge >= 0.3 is 0 Å². The summed E-state index contributed by atoms with van der Waals surface area (Å²) in [6, 6.07) is 22.8. The minimum absolute atomic E-state index is 0.228. The molecule has 0 heterocycles. The van der Waals surface area contributed by atoms with E-state index in [2.05, 4.69) is 10.6 Å². The quantitative estimate of drug-likeness (QED) is 0.394. The highest BCUT2D eigenvalue weighted by Gasteiger charge is 2.02. The molecule has 0 radical (unpaired) electrons. The first kappa shape index (κ1) is 18.1. The molecule has 0 saturated carbocycles. The van der Waals surface area contributed by atoms with Crippen LogP contribution < -0.4 is 22.1 Å². The van der Waals surface area contributed by atoms with E-state index >= 15 is 0 Å². The van der Waals surface area contributed by atoms with Gasteiger partial charge in [-0.2, -0.15) is 0 Å². The van der Waals surface area contributed by atoms with Crippen LogP contribution in [0.3, 0.4) is 0 Å². The molecule has 0 atom stereocenters. The Morgan fingerprint density at radius 1 is 0.852 bits per heavy atom. The Kier molecular flexibility index (Phi) is 5.74. The fourth-order valence-corrected chi connectivity index (χ4v) is 2.62. The molecule has 27 heavy (non-hydrogen) atoms. The summed E-state index contributed by atoms with van der Waals surface area (Å²) in [6.45, 7) is 0.642. The fraction of sp³-hybridized carbons (Fsp3) is 0.0455. The predicted molar refractivity (Wildman–Crippen MR) is 113 cm³/mol. The molecule has 0 spiro atoms. The molecule has 0 aromatic heterocycles. The largest absolute Gasteiger partial charge is 0.397 e. The Hall–Kier alpha value is -3.73. The third-order valence-corrected chi connectivity index (χ3v) is 4.04. The Balaban J connectivity index is 1.61. The summed E-state index contributed by atoms with van der Waals surface area (Å²) in [7, 11) is 0. The number of carbonyl (C=O) groups excluding carboxylic acids is 1. The molecule has 0 aliphatic carbocycles. The lowest BCUT2D eigenvalue weighted by atomic mass is 10.1. The highest BCUT2D eigenvalue weighted by atomic mass is 16.1. The molecule has 3 aromatic rings. The second-order valence-corrected chi connectivity index (χ2v) is 6.10. The summed E-state index contributed by atoms with van der Waals surface area (Å²) in [5.41, 5.74) is 16.6. The van der Waals surface area contributed by atoms with E-state index in [0.717, 1.165) is 16.8 Å². The minimum Gasteiger partial charge on any atom is -0.397 e. The van der Waals surface area contributed by atoms with E-state index in [-0.39, 0.29) is 5.91 Å². The van der Waals surface area contributed by atoms with Crippen molar-refractivity contribution in [3.8, 4) is 0 Å². The molecule has 3 aromatic carbocycles. The van der Waals surface area contributed by atoms with Crippen molar-refractivity contribution in [2.75, 3.05) is 22.1 Å². The lowest BCUT2D eigenvalue weighted by Crippen LogP contribution is -2.09. The molecule has 3 rings (SSSR count). The number of benzene rings is 3. The second-order valence-electron chi connectivity index (χ2n) is 6.10. The van der Waals surface area contributed by atoms with Crippen LogP contribution in [0.2, 0.25) is 0 Å². The lowest BCUT2D eigenvalue weighted by Gasteiger charge is -2.09. The number of para-hydroxylation sites is 4. The fourth-order valence-electron chi connectivity index (χ4n) is 2.62. The Morgan fingerprint density at radius 2 is 1.52 bits per heavy atom. The minimum atomic E-state index is -0.228. The molecule has 0 saturated heterocycles. The summed E-state index contributed by atoms with van der Waals surface area (Å²) in [5.74, 6) is -0.228. The van der Waals surface area contributed by atoms with Crippen LogP contribution in [0.5, 0.6) is 0 Å². The van der Waals surface area contributed by atoms with E-state index in [1.165, 1.54) is 6.08 Å². The van der Waals surface area contributed by atoms with Gasteiger partial charge in [-0.3, -0.25) is 4.79 Å². The van der Waals surface area contributed by atoms with Gasteiger partial charge in [0, 0.05) is 12.6 Å². The summed E-state index contributed by atoms with van der Waals surface area (Å²) in [5, 5.41) is 6.09. The van der Waals surface area contributed by atoms with Gasteiger partial charge in [-0.25, -0.2) is 0 Å². The number of anilines is 4. The number of hydrogen-bond donors (Lipinski definition) is 4. The van der Waals surface area contributed by atoms with Crippen molar-refractivity contribution < 1.29 is 4.79 Å². The second kappa shape index (κ2) is 8.58. The van der Waals surface area contributed by atoms with E-state index in [9.17, 15) is 4.79 Å². The van der Waals surface area contributed by atoms with Gasteiger partial charge in [0.1, 0.15) is 0 Å². The lowest BCUT2D eigenvalue weighted by molar-refractivity contribution is -0.111. The van der Waals surface area contributed by atoms with Crippen molar-refractivity contribution in [3.63, 3.8) is 0 Å². The van der Waals surface area contributed by atoms with Gasteiger partial charge in [0.15, 0.2) is 0 Å². The van der Waals surface area contributed by atoms with Gasteiger partial charge in [-0.05, 0) is 47.5 Å². The molecule has 0 aliphatic rings. The summed E-state index contributed by atoms with van der Waals surface area (Å²) < 4.78 is 0. The van der Waals surface area contributed by atoms with Crippen LogP contribution in [0.15, 0.2) is 78.9 Å². The maximum absolute atomic E-state index is 12.1. The first-order valence-corrected chi connectivity index (χ1v) is 8.63. The van der Waals surface area contributed by atoms with Crippen molar-refractivity contribution in [2.45, 2.75) is 6.54 Å². The number of rotatable bonds is 6. The first-order chi connectivity index (χ1) is 13.1. The molecule has 136 valence electrons. The Labute approximate surface area is 158 Å². The molecular weight excluding hydrogens is 336 g/mol. The molecule has 0 unspecified atom stereocenters. The van der Waals surface area contributed by atoms with Crippen LogP contribution in [0.25, 0.3) is 6.08 Å². The average Bonchev–Trinajstić information content (AvgIpc) is 2.68. The van der Waals surface area contributed by atoms with Crippen molar-refractivity contribution in [2.24, 2.45) is 0 Å². The number of amides is 1. The zero-order valence-corrected chi connectivity index (χ0v) is 14.9. The van der Waals surface area contributed by atoms with E-state index in [4.69, 9.17) is 11.5 Å². The number of nitrogens with two attached hydrogens (primary N) is 2. The third-order valence-electron chi connectivity index (χ3n) is 4.04. The van der Waals surface area contributed by atoms with Gasteiger partial charge in [-0.15, -0.1) is 0 Å². The maximum Gasteiger partial charge on any atom is 0.248 e. The van der Waals surface area contributed by atoms with Gasteiger partial charge in [0.05, 0.1) is 22.7 Å². The van der Waals surface area contributed by atoms with E-state index in [0.29, 0.717) is 23.6 Å². The Morgan fingerprint density at radius 3 is 2.22 bits per heavy atom. The molecule has 5 heteroatoms. The molecule has 0 bridgehead atoms. The first-order valence-electron chi connectivity index (χ1n) is 8.63. The number of nitrogen functional groups attached to an aromatic ring is 2. The van der Waals surface area contributed by atoms with Crippen LogP contribution in [-0.2, 0) is 11.3 Å². The number of hydrogen-bond acceptors (Lipinski definition) is 4. The van der Waals surface area contributed by atoms with Crippen molar-refractivity contribution >= 4 is 34.7 Å². The van der Waals surface area contributed by atoms with E-state index < -0.39 is 0 Å². The molecule has 1 amide bonds. The number of carbonyl (C=O) groups is 1. The smallest absolute Gasteiger partial charge is 0.248 e. The SMILES string of the molecule is Nc1ccccc1NCc1cccc(/C=C/C(=O)Nc2ccccc2N)c1. The van der Waals surface area contributed by atoms with Crippen LogP contribution >= 0.6 is 0 Å². The normalized spacial score (nSPS) is 10.7. The van der Waals surface area contributed by atoms with Crippen molar-refractivity contribution in [1.29, 1.82) is 0 Å². The standard InChI is InChI=1S/C22H22N4O/c23-18-8-1-3-10-20(18)25-15-17-7-5-6-16(14-17)12-13-22(27)26-21-11-4-2-9-19(21)24/h1-14,25H,15,23-24H2,(H,26,27)/b13-12+. The Bertz CT molecular complexity index is 966. The topological polar surface area (TPSA) is 93.2 Å². The van der Waals surface area contributed by atoms with Gasteiger partial charge in [-0.1, -0.05) is 42.5 Å². The summed E-state index contributed by atoms with van der Waals surface area (Å²) in [6.07, 6.45) is 3.27. The average molecular weight is 358 g/mol. The zero-order valence-electron chi connectivity index (χ0n) is 14.9. The number of nitrogens with one attached hydrogen (secondary N) is 2. The van der Waals surface area contributed by atoms with Gasteiger partial charge < -0.3 is 22.1 Å². The monoisotopic (exact) mass is 358 g/mol. The van der Waals surface area contributed by atoms with Crippen LogP contribution in [0.1, 0.15) is 11.1 Å². The van der Waals surface area contributed by atoms with Crippen molar-refractivity contribution in [1.82, 2.24) is 0 Å². The maximum atomic E-state index is 12.1. The molecule has 0 aliphatic heterocycles. The van der Waals surface area contributed by atoms with Crippen LogP contribution in [0.4, 0.5) is 22.7 Å². The van der Waals surface area contributed by atoms with Crippen molar-refractivity contribution in [3.05, 3.63) is 90.0 Å². The predicted octanol–water partition coefficient (Wildman–Crippen LogP) is 4.12. The third kappa shape index (κ3) is 5.12.